The Hall–Kier alpha value is -0.770. The van der Waals surface area contributed by atoms with Crippen molar-refractivity contribution in [2.75, 3.05) is 33.2 Å². The smallest absolute Gasteiger partial charge is 0.0269 e. The molecule has 5 nitrogen and oxygen atoms in total. The zero-order valence-electron chi connectivity index (χ0n) is 6.88. The topological polar surface area (TPSA) is 72.8 Å². The lowest BCUT2D eigenvalue weighted by atomic mass is 10.4. The van der Waals surface area contributed by atoms with Gasteiger partial charge in [-0.1, -0.05) is 5.11 Å². The Labute approximate surface area is 66.8 Å². The van der Waals surface area contributed by atoms with E-state index in [1.54, 1.807) is 0 Å². The molecular formula is C6H15N5. The Morgan fingerprint density at radius 1 is 1.36 bits per heavy atom. The summed E-state index contributed by atoms with van der Waals surface area (Å²) in [5.74, 6) is 0. The molecule has 0 amide bonds. The quantitative estimate of drug-likeness (QED) is 0.244. The van der Waals surface area contributed by atoms with Crippen LogP contribution in [-0.2, 0) is 0 Å². The molecule has 5 heteroatoms. The molecule has 0 rings (SSSR count). The van der Waals surface area contributed by atoms with Gasteiger partial charge in [-0.05, 0) is 25.5 Å². The monoisotopic (exact) mass is 157 g/mol. The molecule has 0 unspecified atom stereocenters. The van der Waals surface area contributed by atoms with E-state index in [1.165, 1.54) is 0 Å². The third-order valence-corrected chi connectivity index (χ3v) is 1.23. The summed E-state index contributed by atoms with van der Waals surface area (Å²) in [6.07, 6.45) is 0.910. The van der Waals surface area contributed by atoms with E-state index in [1.807, 2.05) is 7.05 Å². The van der Waals surface area contributed by atoms with Gasteiger partial charge in [-0.25, -0.2) is 0 Å². The standard InChI is InChI=1S/C6H15N5/c1-8-5-6-9-3-2-4-10-11-7/h8-9H,2-6H2,1H3. The van der Waals surface area contributed by atoms with Crippen molar-refractivity contribution in [2.24, 2.45) is 5.11 Å². The van der Waals surface area contributed by atoms with Crippen LogP contribution in [0.25, 0.3) is 10.4 Å². The van der Waals surface area contributed by atoms with Crippen molar-refractivity contribution in [3.63, 3.8) is 0 Å². The highest BCUT2D eigenvalue weighted by atomic mass is 15.1. The van der Waals surface area contributed by atoms with Gasteiger partial charge in [-0.15, -0.1) is 0 Å². The van der Waals surface area contributed by atoms with E-state index in [9.17, 15) is 0 Å². The molecule has 0 aromatic carbocycles. The van der Waals surface area contributed by atoms with Gasteiger partial charge in [0.2, 0.25) is 0 Å². The van der Waals surface area contributed by atoms with E-state index < -0.39 is 0 Å². The molecule has 0 aliphatic heterocycles. The average molecular weight is 157 g/mol. The lowest BCUT2D eigenvalue weighted by Gasteiger charge is -2.00. The number of hydrogen-bond donors (Lipinski definition) is 2. The van der Waals surface area contributed by atoms with Crippen molar-refractivity contribution in [3.8, 4) is 0 Å². The minimum absolute atomic E-state index is 0.586. The molecule has 11 heavy (non-hydrogen) atoms. The van der Waals surface area contributed by atoms with E-state index >= 15 is 0 Å². The zero-order valence-corrected chi connectivity index (χ0v) is 6.88. The second-order valence-corrected chi connectivity index (χ2v) is 2.16. The van der Waals surface area contributed by atoms with Crippen molar-refractivity contribution in [1.82, 2.24) is 10.6 Å². The Balaban J connectivity index is 2.84. The van der Waals surface area contributed by atoms with E-state index in [4.69, 9.17) is 5.53 Å². The molecule has 2 N–H and O–H groups in total. The molecule has 0 aromatic heterocycles. The fraction of sp³-hybridized carbons (Fsp3) is 1.00. The Bertz CT molecular complexity index is 118. The largest absolute Gasteiger partial charge is 0.318 e. The van der Waals surface area contributed by atoms with Crippen LogP contribution in [0.5, 0.6) is 0 Å². The minimum atomic E-state index is 0.586. The maximum Gasteiger partial charge on any atom is 0.0269 e. The fourth-order valence-electron chi connectivity index (χ4n) is 0.658. The first-order valence-corrected chi connectivity index (χ1v) is 3.78. The van der Waals surface area contributed by atoms with Crippen molar-refractivity contribution in [2.45, 2.75) is 6.42 Å². The van der Waals surface area contributed by atoms with Gasteiger partial charge >= 0.3 is 0 Å². The SMILES string of the molecule is CNCCNCCCN=[N+]=[N-]. The molecule has 0 atom stereocenters. The molecule has 0 fully saturated rings. The van der Waals surface area contributed by atoms with Crippen LogP contribution in [-0.4, -0.2) is 33.2 Å². The number of likely N-dealkylation sites (N-methyl/N-ethyl adjacent to an activating group) is 1. The molecule has 0 saturated heterocycles. The van der Waals surface area contributed by atoms with Gasteiger partial charge in [-0.2, -0.15) is 0 Å². The molecule has 0 aliphatic carbocycles. The number of azide groups is 1. The molecule has 0 radical (unpaired) electrons. The van der Waals surface area contributed by atoms with Crippen molar-refractivity contribution >= 4 is 0 Å². The van der Waals surface area contributed by atoms with Gasteiger partial charge in [0.25, 0.3) is 0 Å². The van der Waals surface area contributed by atoms with Crippen LogP contribution in [0, 0.1) is 0 Å². The fourth-order valence-corrected chi connectivity index (χ4v) is 0.658. The normalized spacial score (nSPS) is 9.18. The van der Waals surface area contributed by atoms with Crippen LogP contribution in [0.15, 0.2) is 5.11 Å². The van der Waals surface area contributed by atoms with Crippen LogP contribution >= 0.6 is 0 Å². The van der Waals surface area contributed by atoms with E-state index in [0.717, 1.165) is 26.1 Å². The predicted octanol–water partition coefficient (Wildman–Crippen LogP) is 0.496. The molecule has 0 spiro atoms. The van der Waals surface area contributed by atoms with Gasteiger partial charge < -0.3 is 10.6 Å². The molecule has 0 aromatic rings. The average Bonchev–Trinajstić information content (AvgIpc) is 2.03. The van der Waals surface area contributed by atoms with Gasteiger partial charge in [0.1, 0.15) is 0 Å². The lowest BCUT2D eigenvalue weighted by molar-refractivity contribution is 0.628. The van der Waals surface area contributed by atoms with Crippen LogP contribution in [0.1, 0.15) is 6.42 Å². The summed E-state index contributed by atoms with van der Waals surface area (Å²) in [5.41, 5.74) is 7.93. The summed E-state index contributed by atoms with van der Waals surface area (Å²) in [7, 11) is 1.92. The van der Waals surface area contributed by atoms with E-state index in [2.05, 4.69) is 20.7 Å². The number of hydrogen-bond acceptors (Lipinski definition) is 3. The molecule has 0 bridgehead atoms. The highest BCUT2D eigenvalue weighted by Crippen LogP contribution is 1.78. The Morgan fingerprint density at radius 2 is 2.18 bits per heavy atom. The maximum absolute atomic E-state index is 7.93. The Morgan fingerprint density at radius 3 is 2.82 bits per heavy atom. The second-order valence-electron chi connectivity index (χ2n) is 2.16. The van der Waals surface area contributed by atoms with Crippen LogP contribution in [0.3, 0.4) is 0 Å². The summed E-state index contributed by atoms with van der Waals surface area (Å²) in [5, 5.41) is 9.64. The molecule has 0 heterocycles. The van der Waals surface area contributed by atoms with Crippen molar-refractivity contribution in [3.05, 3.63) is 10.4 Å². The summed E-state index contributed by atoms with van der Waals surface area (Å²) in [6, 6.07) is 0. The number of nitrogens with one attached hydrogen (secondary N) is 2. The highest BCUT2D eigenvalue weighted by Gasteiger charge is 1.84. The number of rotatable bonds is 7. The lowest BCUT2D eigenvalue weighted by Crippen LogP contribution is -2.25. The zero-order chi connectivity index (χ0) is 8.36. The van der Waals surface area contributed by atoms with E-state index in [-0.39, 0.29) is 0 Å². The first kappa shape index (κ1) is 10.2. The summed E-state index contributed by atoms with van der Waals surface area (Å²) < 4.78 is 0. The summed E-state index contributed by atoms with van der Waals surface area (Å²) in [6.45, 7) is 3.44. The Kier molecular flexibility index (Phi) is 8.58. The summed E-state index contributed by atoms with van der Waals surface area (Å²) >= 11 is 0. The predicted molar refractivity (Wildman–Crippen MR) is 45.4 cm³/mol. The number of nitrogens with zero attached hydrogens (tertiary/aromatic N) is 3. The maximum atomic E-state index is 7.93. The van der Waals surface area contributed by atoms with Crippen molar-refractivity contribution < 1.29 is 0 Å². The van der Waals surface area contributed by atoms with Gasteiger partial charge in [0, 0.05) is 24.5 Å². The first-order chi connectivity index (χ1) is 5.41. The third-order valence-electron chi connectivity index (χ3n) is 1.23. The van der Waals surface area contributed by atoms with E-state index in [0.29, 0.717) is 6.54 Å². The summed E-state index contributed by atoms with van der Waals surface area (Å²) in [4.78, 5) is 2.65. The van der Waals surface area contributed by atoms with Gasteiger partial charge in [0.15, 0.2) is 0 Å². The van der Waals surface area contributed by atoms with Crippen LogP contribution in [0.2, 0.25) is 0 Å². The highest BCUT2D eigenvalue weighted by molar-refractivity contribution is 4.52. The van der Waals surface area contributed by atoms with Gasteiger partial charge in [0.05, 0.1) is 0 Å². The third kappa shape index (κ3) is 9.23. The molecule has 64 valence electrons. The van der Waals surface area contributed by atoms with Crippen LogP contribution < -0.4 is 10.6 Å². The van der Waals surface area contributed by atoms with Crippen molar-refractivity contribution in [1.29, 1.82) is 0 Å². The first-order valence-electron chi connectivity index (χ1n) is 3.78. The second kappa shape index (κ2) is 9.23. The minimum Gasteiger partial charge on any atom is -0.318 e. The molecular weight excluding hydrogens is 142 g/mol. The molecule has 0 saturated carbocycles. The molecule has 0 aliphatic rings. The van der Waals surface area contributed by atoms with Gasteiger partial charge in [-0.3, -0.25) is 0 Å². The van der Waals surface area contributed by atoms with Crippen LogP contribution in [0.4, 0.5) is 0 Å².